The van der Waals surface area contributed by atoms with Crippen molar-refractivity contribution >= 4 is 5.91 Å². The summed E-state index contributed by atoms with van der Waals surface area (Å²) in [5.74, 6) is -0.111. The normalized spacial score (nSPS) is 22.7. The molecule has 0 fully saturated rings. The zero-order valence-corrected chi connectivity index (χ0v) is 9.76. The van der Waals surface area contributed by atoms with Crippen LogP contribution in [0.1, 0.15) is 17.8 Å². The molecular weight excluding hydrogens is 216 g/mol. The molecule has 1 aromatic rings. The number of nitrogens with zero attached hydrogens (tertiary/aromatic N) is 2. The quantitative estimate of drug-likeness (QED) is 0.735. The van der Waals surface area contributed by atoms with Crippen LogP contribution in [0.25, 0.3) is 0 Å². The number of nitrogens with two attached hydrogens (primary N) is 1. The predicted molar refractivity (Wildman–Crippen MR) is 63.8 cm³/mol. The minimum absolute atomic E-state index is 0.00317. The van der Waals surface area contributed by atoms with Crippen LogP contribution in [0.15, 0.2) is 24.5 Å². The second-order valence-corrected chi connectivity index (χ2v) is 4.26. The Balaban J connectivity index is 1.84. The summed E-state index contributed by atoms with van der Waals surface area (Å²) in [7, 11) is 0. The van der Waals surface area contributed by atoms with Gasteiger partial charge in [-0.25, -0.2) is 0 Å². The fraction of sp³-hybridized carbons (Fsp3) is 0.417. The van der Waals surface area contributed by atoms with Crippen molar-refractivity contribution in [1.82, 2.24) is 15.3 Å². The number of hydrogen-bond acceptors (Lipinski definition) is 4. The largest absolute Gasteiger partial charge is 0.350 e. The molecule has 1 aromatic heterocycles. The Morgan fingerprint density at radius 2 is 2.29 bits per heavy atom. The van der Waals surface area contributed by atoms with E-state index < -0.39 is 0 Å². The molecule has 3 N–H and O–H groups in total. The molecule has 0 spiro atoms. The van der Waals surface area contributed by atoms with Gasteiger partial charge in [-0.15, -0.1) is 0 Å². The summed E-state index contributed by atoms with van der Waals surface area (Å²) >= 11 is 0. The predicted octanol–water partition coefficient (Wildman–Crippen LogP) is 0.305. The van der Waals surface area contributed by atoms with E-state index in [1.807, 2.05) is 19.1 Å². The van der Waals surface area contributed by atoms with Gasteiger partial charge in [0.15, 0.2) is 0 Å². The van der Waals surface area contributed by atoms with Gasteiger partial charge in [0.2, 0.25) is 5.91 Å². The summed E-state index contributed by atoms with van der Waals surface area (Å²) in [4.78, 5) is 20.1. The highest BCUT2D eigenvalue weighted by molar-refractivity contribution is 5.80. The fourth-order valence-corrected chi connectivity index (χ4v) is 1.74. The van der Waals surface area contributed by atoms with Gasteiger partial charge >= 0.3 is 0 Å². The highest BCUT2D eigenvalue weighted by Crippen LogP contribution is 2.16. The lowest BCUT2D eigenvalue weighted by Crippen LogP contribution is -2.30. The van der Waals surface area contributed by atoms with Crippen LogP contribution in [0.3, 0.4) is 0 Å². The van der Waals surface area contributed by atoms with Crippen LogP contribution in [0.4, 0.5) is 0 Å². The van der Waals surface area contributed by atoms with Gasteiger partial charge < -0.3 is 11.1 Å². The van der Waals surface area contributed by atoms with Crippen molar-refractivity contribution in [3.05, 3.63) is 35.9 Å². The summed E-state index contributed by atoms with van der Waals surface area (Å²) in [5.41, 5.74) is 7.32. The van der Waals surface area contributed by atoms with E-state index in [4.69, 9.17) is 5.73 Å². The van der Waals surface area contributed by atoms with Crippen molar-refractivity contribution in [2.24, 2.45) is 11.7 Å². The van der Waals surface area contributed by atoms with E-state index in [1.165, 1.54) is 0 Å². The molecule has 90 valence electrons. The summed E-state index contributed by atoms with van der Waals surface area (Å²) in [5, 5.41) is 2.83. The number of aromatic nitrogens is 2. The Labute approximate surface area is 100 Å². The Morgan fingerprint density at radius 3 is 2.88 bits per heavy atom. The van der Waals surface area contributed by atoms with E-state index >= 15 is 0 Å². The monoisotopic (exact) mass is 232 g/mol. The van der Waals surface area contributed by atoms with Gasteiger partial charge in [-0.2, -0.15) is 0 Å². The first-order valence-electron chi connectivity index (χ1n) is 5.64. The zero-order chi connectivity index (χ0) is 12.3. The molecule has 2 atom stereocenters. The van der Waals surface area contributed by atoms with Gasteiger partial charge in [0.25, 0.3) is 0 Å². The first kappa shape index (κ1) is 11.7. The van der Waals surface area contributed by atoms with Crippen LogP contribution in [0, 0.1) is 12.8 Å². The van der Waals surface area contributed by atoms with Gasteiger partial charge in [-0.3, -0.25) is 14.8 Å². The number of carbonyl (C=O) groups is 1. The van der Waals surface area contributed by atoms with E-state index in [-0.39, 0.29) is 17.9 Å². The molecule has 5 heteroatoms. The van der Waals surface area contributed by atoms with E-state index in [1.54, 1.807) is 12.4 Å². The second kappa shape index (κ2) is 5.05. The molecule has 0 saturated carbocycles. The lowest BCUT2D eigenvalue weighted by molar-refractivity contribution is -0.123. The van der Waals surface area contributed by atoms with Crippen LogP contribution in [-0.2, 0) is 11.3 Å². The molecular formula is C12H16N4O. The van der Waals surface area contributed by atoms with Gasteiger partial charge in [0.05, 0.1) is 30.0 Å². The number of hydrogen-bond donors (Lipinski definition) is 2. The van der Waals surface area contributed by atoms with Crippen molar-refractivity contribution in [2.45, 2.75) is 25.9 Å². The highest BCUT2D eigenvalue weighted by Gasteiger charge is 2.22. The smallest absolute Gasteiger partial charge is 0.227 e. The zero-order valence-electron chi connectivity index (χ0n) is 9.76. The molecule has 0 bridgehead atoms. The Hall–Kier alpha value is -1.75. The molecule has 0 aromatic carbocycles. The Morgan fingerprint density at radius 1 is 1.47 bits per heavy atom. The molecule has 5 nitrogen and oxygen atoms in total. The maximum Gasteiger partial charge on any atom is 0.227 e. The third kappa shape index (κ3) is 3.10. The van der Waals surface area contributed by atoms with Gasteiger partial charge in [0, 0.05) is 12.2 Å². The lowest BCUT2D eigenvalue weighted by Gasteiger charge is -2.09. The minimum atomic E-state index is -0.108. The summed E-state index contributed by atoms with van der Waals surface area (Å²) < 4.78 is 0. The van der Waals surface area contributed by atoms with Crippen LogP contribution >= 0.6 is 0 Å². The van der Waals surface area contributed by atoms with Crippen molar-refractivity contribution in [2.75, 3.05) is 0 Å². The van der Waals surface area contributed by atoms with Crippen LogP contribution < -0.4 is 11.1 Å². The van der Waals surface area contributed by atoms with E-state index in [9.17, 15) is 4.79 Å². The maximum atomic E-state index is 11.8. The van der Waals surface area contributed by atoms with Crippen molar-refractivity contribution in [1.29, 1.82) is 0 Å². The van der Waals surface area contributed by atoms with Gasteiger partial charge in [-0.1, -0.05) is 12.2 Å². The fourth-order valence-electron chi connectivity index (χ4n) is 1.74. The van der Waals surface area contributed by atoms with E-state index in [0.29, 0.717) is 13.0 Å². The van der Waals surface area contributed by atoms with Gasteiger partial charge in [0.1, 0.15) is 0 Å². The third-order valence-corrected chi connectivity index (χ3v) is 2.73. The molecule has 0 aliphatic heterocycles. The molecule has 1 aliphatic rings. The van der Waals surface area contributed by atoms with Crippen LogP contribution in [0.2, 0.25) is 0 Å². The molecule has 1 amide bonds. The molecule has 2 unspecified atom stereocenters. The summed E-state index contributed by atoms with van der Waals surface area (Å²) in [6.07, 6.45) is 7.78. The standard InChI is InChI=1S/C12H16N4O/c1-8-5-15-11(6-14-8)7-16-12(17)9-2-3-10(13)4-9/h2-3,5-6,9-10H,4,7,13H2,1H3,(H,16,17). The highest BCUT2D eigenvalue weighted by atomic mass is 16.1. The molecule has 1 heterocycles. The number of carbonyl (C=O) groups excluding carboxylic acids is 1. The third-order valence-electron chi connectivity index (χ3n) is 2.73. The topological polar surface area (TPSA) is 80.9 Å². The Bertz CT molecular complexity index is 427. The summed E-state index contributed by atoms with van der Waals surface area (Å²) in [6.45, 7) is 2.28. The lowest BCUT2D eigenvalue weighted by atomic mass is 10.1. The maximum absolute atomic E-state index is 11.8. The van der Waals surface area contributed by atoms with Gasteiger partial charge in [-0.05, 0) is 13.3 Å². The van der Waals surface area contributed by atoms with Crippen molar-refractivity contribution < 1.29 is 4.79 Å². The minimum Gasteiger partial charge on any atom is -0.350 e. The van der Waals surface area contributed by atoms with E-state index in [0.717, 1.165) is 11.4 Å². The average Bonchev–Trinajstić information content (AvgIpc) is 2.75. The number of aryl methyl sites for hydroxylation is 1. The molecule has 2 rings (SSSR count). The molecule has 0 saturated heterocycles. The first-order chi connectivity index (χ1) is 8.15. The molecule has 0 radical (unpaired) electrons. The Kier molecular flexibility index (Phi) is 3.49. The van der Waals surface area contributed by atoms with Crippen LogP contribution in [0.5, 0.6) is 0 Å². The first-order valence-corrected chi connectivity index (χ1v) is 5.64. The molecule has 1 aliphatic carbocycles. The average molecular weight is 232 g/mol. The van der Waals surface area contributed by atoms with Crippen LogP contribution in [-0.4, -0.2) is 21.9 Å². The summed E-state index contributed by atoms with van der Waals surface area (Å²) in [6, 6.07) is 0.00455. The number of rotatable bonds is 3. The number of amides is 1. The van der Waals surface area contributed by atoms with Crippen molar-refractivity contribution in [3.63, 3.8) is 0 Å². The molecule has 17 heavy (non-hydrogen) atoms. The van der Waals surface area contributed by atoms with E-state index in [2.05, 4.69) is 15.3 Å². The number of nitrogens with one attached hydrogen (secondary N) is 1. The van der Waals surface area contributed by atoms with Crippen molar-refractivity contribution in [3.8, 4) is 0 Å². The SMILES string of the molecule is Cc1cnc(CNC(=O)C2C=CC(N)C2)cn1. The second-order valence-electron chi connectivity index (χ2n) is 4.26.